The second-order valence-corrected chi connectivity index (χ2v) is 10.7. The molecule has 1 aromatic carbocycles. The van der Waals surface area contributed by atoms with E-state index in [1.807, 2.05) is 0 Å². The third-order valence-corrected chi connectivity index (χ3v) is 7.58. The van der Waals surface area contributed by atoms with E-state index >= 15 is 0 Å². The largest absolute Gasteiger partial charge is 1.00 e. The summed E-state index contributed by atoms with van der Waals surface area (Å²) >= 11 is -3.07. The molecule has 0 aliphatic carbocycles. The van der Waals surface area contributed by atoms with Gasteiger partial charge in [0.1, 0.15) is 0 Å². The third-order valence-electron chi connectivity index (χ3n) is 4.87. The maximum Gasteiger partial charge on any atom is 1.00 e. The van der Waals surface area contributed by atoms with Gasteiger partial charge in [-0.1, -0.05) is 0 Å². The number of allylic oxidation sites excluding steroid dienone is 1. The van der Waals surface area contributed by atoms with Crippen LogP contribution in [0.3, 0.4) is 0 Å². The van der Waals surface area contributed by atoms with E-state index in [4.69, 9.17) is 0 Å². The van der Waals surface area contributed by atoms with Crippen molar-refractivity contribution in [2.24, 2.45) is 0 Å². The van der Waals surface area contributed by atoms with E-state index in [2.05, 4.69) is 0 Å². The van der Waals surface area contributed by atoms with Gasteiger partial charge in [0.05, 0.1) is 5.56 Å². The SMILES string of the molecule is O=P([O-])([O-])C(F)(SC(F)=C(F)C(F)(F)C(F)(F)C(F)(F)C(F)(F)C(F)(F)C(F)(F)C(F)(F)F)c1c(F)c(F)c(F)c(F)c1F.[K+].[K+]. The van der Waals surface area contributed by atoms with Crippen molar-refractivity contribution in [3.63, 3.8) is 0 Å². The molecule has 0 aromatic heterocycles. The van der Waals surface area contributed by atoms with Gasteiger partial charge in [-0.15, -0.1) is 0 Å². The summed E-state index contributed by atoms with van der Waals surface area (Å²) in [7, 11) is -8.09. The smallest absolute Gasteiger partial charge is 0.808 e. The maximum atomic E-state index is 14.9. The zero-order valence-corrected chi connectivity index (χ0v) is 28.7. The first kappa shape index (κ1) is 49.2. The molecule has 46 heavy (non-hydrogen) atoms. The molecule has 0 radical (unpaired) electrons. The van der Waals surface area contributed by atoms with Crippen molar-refractivity contribution in [3.8, 4) is 0 Å². The Hall–Kier alpha value is 1.12. The van der Waals surface area contributed by atoms with Gasteiger partial charge in [0, 0.05) is 0 Å². The fourth-order valence-electron chi connectivity index (χ4n) is 2.51. The van der Waals surface area contributed by atoms with E-state index in [1.165, 1.54) is 0 Å². The molecule has 0 aliphatic heterocycles. The molecular weight excluding hydrogens is 818 g/mol. The van der Waals surface area contributed by atoms with E-state index < -0.39 is 111 Å². The number of halogens is 23. The second kappa shape index (κ2) is 14.6. The van der Waals surface area contributed by atoms with E-state index in [9.17, 15) is 115 Å². The Kier molecular flexibility index (Phi) is 15.7. The second-order valence-electron chi connectivity index (χ2n) is 7.64. The molecular formula is C16F23K2O3PS. The molecule has 0 N–H and O–H groups in total. The van der Waals surface area contributed by atoms with Gasteiger partial charge in [-0.3, -0.25) is 0 Å². The molecule has 0 amide bonds. The van der Waals surface area contributed by atoms with Crippen molar-refractivity contribution in [1.29, 1.82) is 0 Å². The summed E-state index contributed by atoms with van der Waals surface area (Å²) in [6, 6.07) is 0. The molecule has 30 heteroatoms. The average Bonchev–Trinajstić information content (AvgIpc) is 2.83. The number of hydrogen-bond acceptors (Lipinski definition) is 4. The van der Waals surface area contributed by atoms with Crippen molar-refractivity contribution >= 4 is 19.4 Å². The molecule has 256 valence electrons. The first-order valence-corrected chi connectivity index (χ1v) is 11.6. The molecule has 1 rings (SSSR count). The zero-order valence-electron chi connectivity index (χ0n) is 20.8. The average molecular weight is 818 g/mol. The molecule has 0 aliphatic rings. The van der Waals surface area contributed by atoms with Crippen molar-refractivity contribution < 1.29 is 218 Å². The predicted molar refractivity (Wildman–Crippen MR) is 89.2 cm³/mol. The fraction of sp³-hybridized carbons (Fsp3) is 0.500. The van der Waals surface area contributed by atoms with Crippen LogP contribution in [0.15, 0.2) is 11.0 Å². The normalized spacial score (nSPS) is 16.3. The fourth-order valence-corrected chi connectivity index (χ4v) is 4.41. The van der Waals surface area contributed by atoms with Crippen LogP contribution < -0.4 is 113 Å². The minimum Gasteiger partial charge on any atom is -0.808 e. The summed E-state index contributed by atoms with van der Waals surface area (Å²) in [5.41, 5.74) is -3.74. The molecule has 1 atom stereocenters. The molecule has 1 unspecified atom stereocenters. The summed E-state index contributed by atoms with van der Waals surface area (Å²) in [4.78, 5) is 22.3. The van der Waals surface area contributed by atoms with Crippen molar-refractivity contribution in [2.75, 3.05) is 0 Å². The minimum absolute atomic E-state index is 0. The molecule has 0 saturated carbocycles. The van der Waals surface area contributed by atoms with E-state index in [1.54, 1.807) is 0 Å². The van der Waals surface area contributed by atoms with E-state index in [-0.39, 0.29) is 103 Å². The summed E-state index contributed by atoms with van der Waals surface area (Å²) < 4.78 is 312. The van der Waals surface area contributed by atoms with Gasteiger partial charge >= 0.3 is 144 Å². The van der Waals surface area contributed by atoms with Crippen LogP contribution >= 0.6 is 19.4 Å². The summed E-state index contributed by atoms with van der Waals surface area (Å²) in [5, 5.41) is -4.64. The zero-order chi connectivity index (χ0) is 35.8. The molecule has 1 aromatic rings. The Morgan fingerprint density at radius 2 is 0.804 bits per heavy atom. The Balaban J connectivity index is 0. The number of alkyl halides is 16. The Morgan fingerprint density at radius 3 is 1.11 bits per heavy atom. The van der Waals surface area contributed by atoms with Crippen molar-refractivity contribution in [3.05, 3.63) is 45.6 Å². The molecule has 0 fully saturated rings. The van der Waals surface area contributed by atoms with Crippen molar-refractivity contribution in [2.45, 2.75) is 46.5 Å². The van der Waals surface area contributed by atoms with Crippen molar-refractivity contribution in [1.82, 2.24) is 0 Å². The van der Waals surface area contributed by atoms with Gasteiger partial charge in [0.15, 0.2) is 28.4 Å². The van der Waals surface area contributed by atoms with Gasteiger partial charge in [0.25, 0.3) is 0 Å². The first-order valence-electron chi connectivity index (χ1n) is 9.28. The van der Waals surface area contributed by atoms with Gasteiger partial charge in [-0.05, 0) is 19.4 Å². The molecule has 0 spiro atoms. The van der Waals surface area contributed by atoms with E-state index in [0.717, 1.165) is 0 Å². The molecule has 0 bridgehead atoms. The third kappa shape index (κ3) is 7.38. The van der Waals surface area contributed by atoms with E-state index in [0.29, 0.717) is 0 Å². The number of hydrogen-bond donors (Lipinski definition) is 0. The van der Waals surface area contributed by atoms with Gasteiger partial charge in [0.2, 0.25) is 16.4 Å². The summed E-state index contributed by atoms with van der Waals surface area (Å²) in [5.74, 6) is -75.8. The Morgan fingerprint density at radius 1 is 0.522 bits per heavy atom. The monoisotopic (exact) mass is 818 g/mol. The van der Waals surface area contributed by atoms with Crippen LogP contribution in [0.5, 0.6) is 0 Å². The number of thioether (sulfide) groups is 1. The number of benzene rings is 1. The Labute approximate surface area is 325 Å². The van der Waals surface area contributed by atoms with Crippen LogP contribution in [-0.2, 0) is 9.31 Å². The molecule has 0 saturated heterocycles. The number of rotatable bonds is 10. The molecule has 3 nitrogen and oxygen atoms in total. The van der Waals surface area contributed by atoms with Crippen LogP contribution in [0, 0.1) is 29.1 Å². The summed E-state index contributed by atoms with van der Waals surface area (Å²) in [6.07, 6.45) is -8.04. The van der Waals surface area contributed by atoms with Crippen LogP contribution in [0.4, 0.5) is 101 Å². The van der Waals surface area contributed by atoms with Gasteiger partial charge < -0.3 is 14.4 Å². The quantitative estimate of drug-likeness (QED) is 0.119. The molecule has 0 heterocycles. The van der Waals surface area contributed by atoms with Crippen LogP contribution in [0.2, 0.25) is 0 Å². The predicted octanol–water partition coefficient (Wildman–Crippen LogP) is 1.60. The van der Waals surface area contributed by atoms with Crippen LogP contribution in [0.25, 0.3) is 0 Å². The Bertz CT molecular complexity index is 1360. The minimum atomic E-state index is -9.06. The van der Waals surface area contributed by atoms with Crippen LogP contribution in [0.1, 0.15) is 5.56 Å². The topological polar surface area (TPSA) is 63.2 Å². The summed E-state index contributed by atoms with van der Waals surface area (Å²) in [6.45, 7) is 0. The first-order chi connectivity index (χ1) is 19.0. The van der Waals surface area contributed by atoms with Gasteiger partial charge in [-0.2, -0.15) is 70.2 Å². The van der Waals surface area contributed by atoms with Crippen LogP contribution in [-0.4, -0.2) is 41.7 Å². The maximum absolute atomic E-state index is 14.9. The standard InChI is InChI=1S/C16H2F23O3PS.2K/c17-2-1(3(18)5(20)6(21)4(2)19)10(26,43(40,41)42)44-8(23)7(22)9(24,25)11(27,28)12(29,30)13(31,32)14(33,34)15(35,36)16(37,38)39;;/h(H2,40,41,42);;/q;2*+1/p-2. The van der Waals surface area contributed by atoms with Gasteiger partial charge in [-0.25, -0.2) is 30.7 Å².